The standard InChI is InChI=1S/C21H18O/c22-21-18(13-12-16-7-2-4-11-20(16)21)14-17-9-5-8-15-6-1-3-10-19(15)17/h1-11,18H,12-14H2. The Labute approximate surface area is 130 Å². The Hall–Kier alpha value is -2.41. The molecule has 0 spiro atoms. The molecule has 1 atom stereocenters. The molecule has 22 heavy (non-hydrogen) atoms. The summed E-state index contributed by atoms with van der Waals surface area (Å²) in [5.74, 6) is 0.426. The monoisotopic (exact) mass is 286 g/mol. The summed E-state index contributed by atoms with van der Waals surface area (Å²) in [6.45, 7) is 0. The molecule has 108 valence electrons. The van der Waals surface area contributed by atoms with Crippen molar-refractivity contribution in [2.24, 2.45) is 5.92 Å². The van der Waals surface area contributed by atoms with E-state index in [2.05, 4.69) is 48.5 Å². The Morgan fingerprint density at radius 2 is 1.64 bits per heavy atom. The number of carbonyl (C=O) groups is 1. The van der Waals surface area contributed by atoms with E-state index in [9.17, 15) is 4.79 Å². The van der Waals surface area contributed by atoms with Crippen LogP contribution in [0.5, 0.6) is 0 Å². The molecule has 3 aromatic carbocycles. The molecule has 0 aromatic heterocycles. The number of ketones is 1. The van der Waals surface area contributed by atoms with Crippen molar-refractivity contribution in [3.63, 3.8) is 0 Å². The molecule has 1 heteroatoms. The molecule has 0 heterocycles. The van der Waals surface area contributed by atoms with Gasteiger partial charge in [0.1, 0.15) is 0 Å². The van der Waals surface area contributed by atoms with E-state index in [1.54, 1.807) is 0 Å². The fourth-order valence-corrected chi connectivity index (χ4v) is 3.59. The molecule has 1 unspecified atom stereocenters. The van der Waals surface area contributed by atoms with Gasteiger partial charge in [0.2, 0.25) is 0 Å². The first-order valence-electron chi connectivity index (χ1n) is 7.92. The summed E-state index contributed by atoms with van der Waals surface area (Å²) in [6.07, 6.45) is 2.81. The Balaban J connectivity index is 1.68. The van der Waals surface area contributed by atoms with Gasteiger partial charge in [0.15, 0.2) is 5.78 Å². The third kappa shape index (κ3) is 2.23. The van der Waals surface area contributed by atoms with Crippen LogP contribution in [-0.2, 0) is 12.8 Å². The highest BCUT2D eigenvalue weighted by Crippen LogP contribution is 2.30. The van der Waals surface area contributed by atoms with Crippen molar-refractivity contribution in [2.45, 2.75) is 19.3 Å². The highest BCUT2D eigenvalue weighted by molar-refractivity contribution is 6.00. The maximum Gasteiger partial charge on any atom is 0.166 e. The van der Waals surface area contributed by atoms with Gasteiger partial charge in [0.05, 0.1) is 0 Å². The lowest BCUT2D eigenvalue weighted by atomic mass is 9.79. The number of hydrogen-bond donors (Lipinski definition) is 0. The summed E-state index contributed by atoms with van der Waals surface area (Å²) in [6, 6.07) is 22.9. The number of Topliss-reactive ketones (excluding diaryl/α,β-unsaturated/α-hetero) is 1. The van der Waals surface area contributed by atoms with Crippen molar-refractivity contribution in [3.8, 4) is 0 Å². The van der Waals surface area contributed by atoms with E-state index in [4.69, 9.17) is 0 Å². The van der Waals surface area contributed by atoms with E-state index in [1.807, 2.05) is 18.2 Å². The van der Waals surface area contributed by atoms with E-state index in [0.29, 0.717) is 5.78 Å². The summed E-state index contributed by atoms with van der Waals surface area (Å²) in [7, 11) is 0. The molecule has 0 fully saturated rings. The fourth-order valence-electron chi connectivity index (χ4n) is 3.59. The van der Waals surface area contributed by atoms with E-state index in [-0.39, 0.29) is 5.92 Å². The molecule has 0 saturated heterocycles. The van der Waals surface area contributed by atoms with Gasteiger partial charge in [0, 0.05) is 11.5 Å². The first kappa shape index (κ1) is 13.3. The number of aryl methyl sites for hydroxylation is 1. The second-order valence-electron chi connectivity index (χ2n) is 6.10. The normalized spacial score (nSPS) is 17.5. The van der Waals surface area contributed by atoms with E-state index in [0.717, 1.165) is 24.8 Å². The van der Waals surface area contributed by atoms with Gasteiger partial charge in [-0.2, -0.15) is 0 Å². The average molecular weight is 286 g/mol. The zero-order valence-electron chi connectivity index (χ0n) is 12.5. The van der Waals surface area contributed by atoms with E-state index >= 15 is 0 Å². The van der Waals surface area contributed by atoms with Crippen LogP contribution < -0.4 is 0 Å². The minimum absolute atomic E-state index is 0.112. The zero-order chi connectivity index (χ0) is 14.9. The van der Waals surface area contributed by atoms with Crippen LogP contribution in [0, 0.1) is 5.92 Å². The molecule has 1 nitrogen and oxygen atoms in total. The molecule has 0 saturated carbocycles. The van der Waals surface area contributed by atoms with Crippen molar-refractivity contribution in [1.29, 1.82) is 0 Å². The third-order valence-electron chi connectivity index (χ3n) is 4.76. The number of benzene rings is 3. The Bertz CT molecular complexity index is 842. The molecule has 1 aliphatic rings. The van der Waals surface area contributed by atoms with Gasteiger partial charge in [-0.25, -0.2) is 0 Å². The summed E-state index contributed by atoms with van der Waals surface area (Å²) in [5, 5.41) is 2.53. The van der Waals surface area contributed by atoms with Crippen molar-refractivity contribution in [1.82, 2.24) is 0 Å². The second-order valence-corrected chi connectivity index (χ2v) is 6.10. The van der Waals surface area contributed by atoms with Crippen LogP contribution in [0.3, 0.4) is 0 Å². The van der Waals surface area contributed by atoms with Crippen LogP contribution in [0.2, 0.25) is 0 Å². The lowest BCUT2D eigenvalue weighted by Gasteiger charge is -2.23. The van der Waals surface area contributed by atoms with E-state index in [1.165, 1.54) is 21.9 Å². The summed E-state index contributed by atoms with van der Waals surface area (Å²) in [5.41, 5.74) is 3.43. The molecule has 3 aromatic rings. The lowest BCUT2D eigenvalue weighted by molar-refractivity contribution is 0.0901. The fraction of sp³-hybridized carbons (Fsp3) is 0.190. The third-order valence-corrected chi connectivity index (χ3v) is 4.76. The Morgan fingerprint density at radius 1 is 0.864 bits per heavy atom. The molecule has 4 rings (SSSR count). The minimum atomic E-state index is 0.112. The number of rotatable bonds is 2. The van der Waals surface area contributed by atoms with Crippen molar-refractivity contribution >= 4 is 16.6 Å². The topological polar surface area (TPSA) is 17.1 Å². The van der Waals surface area contributed by atoms with Crippen LogP contribution >= 0.6 is 0 Å². The average Bonchev–Trinajstić information content (AvgIpc) is 2.58. The summed E-state index contributed by atoms with van der Waals surface area (Å²) in [4.78, 5) is 12.8. The van der Waals surface area contributed by atoms with Gasteiger partial charge in [-0.15, -0.1) is 0 Å². The van der Waals surface area contributed by atoms with Crippen LogP contribution in [0.1, 0.15) is 27.9 Å². The van der Waals surface area contributed by atoms with Crippen LogP contribution in [0.15, 0.2) is 66.7 Å². The Morgan fingerprint density at radius 3 is 2.59 bits per heavy atom. The molecule has 1 aliphatic carbocycles. The minimum Gasteiger partial charge on any atom is -0.294 e. The van der Waals surface area contributed by atoms with Crippen LogP contribution in [0.25, 0.3) is 10.8 Å². The molecule has 0 N–H and O–H groups in total. The number of carbonyl (C=O) groups excluding carboxylic acids is 1. The van der Waals surface area contributed by atoms with Crippen molar-refractivity contribution in [3.05, 3.63) is 83.4 Å². The lowest BCUT2D eigenvalue weighted by Crippen LogP contribution is -2.24. The van der Waals surface area contributed by atoms with Crippen molar-refractivity contribution in [2.75, 3.05) is 0 Å². The van der Waals surface area contributed by atoms with Gasteiger partial charge in [-0.1, -0.05) is 66.7 Å². The molecule has 0 radical (unpaired) electrons. The van der Waals surface area contributed by atoms with Gasteiger partial charge >= 0.3 is 0 Å². The smallest absolute Gasteiger partial charge is 0.166 e. The van der Waals surface area contributed by atoms with Crippen molar-refractivity contribution < 1.29 is 4.79 Å². The first-order chi connectivity index (χ1) is 10.8. The maximum absolute atomic E-state index is 12.8. The predicted molar refractivity (Wildman–Crippen MR) is 90.2 cm³/mol. The molecular weight excluding hydrogens is 268 g/mol. The SMILES string of the molecule is O=C1c2ccccc2CCC1Cc1cccc2ccccc12. The molecule has 0 bridgehead atoms. The Kier molecular flexibility index (Phi) is 3.27. The number of fused-ring (bicyclic) bond motifs is 2. The van der Waals surface area contributed by atoms with Gasteiger partial charge in [0.25, 0.3) is 0 Å². The maximum atomic E-state index is 12.8. The van der Waals surface area contributed by atoms with Gasteiger partial charge in [-0.3, -0.25) is 4.79 Å². The quantitative estimate of drug-likeness (QED) is 0.659. The van der Waals surface area contributed by atoms with Crippen LogP contribution in [-0.4, -0.2) is 5.78 Å². The molecule has 0 amide bonds. The van der Waals surface area contributed by atoms with E-state index < -0.39 is 0 Å². The zero-order valence-corrected chi connectivity index (χ0v) is 12.5. The number of hydrogen-bond acceptors (Lipinski definition) is 1. The first-order valence-corrected chi connectivity index (χ1v) is 7.92. The van der Waals surface area contributed by atoms with Gasteiger partial charge < -0.3 is 0 Å². The highest BCUT2D eigenvalue weighted by atomic mass is 16.1. The summed E-state index contributed by atoms with van der Waals surface area (Å²) >= 11 is 0. The molecule has 0 aliphatic heterocycles. The molecular formula is C21H18O. The van der Waals surface area contributed by atoms with Crippen LogP contribution in [0.4, 0.5) is 0 Å². The highest BCUT2D eigenvalue weighted by Gasteiger charge is 2.27. The largest absolute Gasteiger partial charge is 0.294 e. The summed E-state index contributed by atoms with van der Waals surface area (Å²) < 4.78 is 0. The van der Waals surface area contributed by atoms with Gasteiger partial charge in [-0.05, 0) is 41.2 Å². The predicted octanol–water partition coefficient (Wildman–Crippen LogP) is 4.83. The second kappa shape index (κ2) is 5.42.